The third kappa shape index (κ3) is 5.43. The number of methoxy groups -OCH3 is 1. The Labute approximate surface area is 169 Å². The van der Waals surface area contributed by atoms with E-state index in [9.17, 15) is 14.4 Å². The summed E-state index contributed by atoms with van der Waals surface area (Å²) in [4.78, 5) is 45.7. The molecule has 0 spiro atoms. The number of nitrogens with one attached hydrogen (secondary N) is 2. The molecule has 8 nitrogen and oxygen atoms in total. The highest BCUT2D eigenvalue weighted by atomic mass is 16.5. The van der Waals surface area contributed by atoms with E-state index in [1.165, 1.54) is 13.4 Å². The Morgan fingerprint density at radius 1 is 1.34 bits per heavy atom. The van der Waals surface area contributed by atoms with E-state index in [2.05, 4.69) is 15.3 Å². The molecule has 0 saturated carbocycles. The molecule has 1 aliphatic heterocycles. The number of esters is 1. The number of hydrogen-bond donors (Lipinski definition) is 2. The van der Waals surface area contributed by atoms with E-state index in [4.69, 9.17) is 4.74 Å². The number of nitrogens with zero attached hydrogens (tertiary/aromatic N) is 2. The summed E-state index contributed by atoms with van der Waals surface area (Å²) in [6, 6.07) is 7.00. The van der Waals surface area contributed by atoms with E-state index in [1.807, 2.05) is 31.2 Å². The van der Waals surface area contributed by atoms with Crippen molar-refractivity contribution >= 4 is 17.8 Å². The van der Waals surface area contributed by atoms with E-state index >= 15 is 0 Å². The number of benzene rings is 1. The summed E-state index contributed by atoms with van der Waals surface area (Å²) >= 11 is 0. The van der Waals surface area contributed by atoms with Crippen molar-refractivity contribution in [2.24, 2.45) is 0 Å². The number of amides is 2. The lowest BCUT2D eigenvalue weighted by molar-refractivity contribution is -0.145. The number of imidazole rings is 1. The van der Waals surface area contributed by atoms with Gasteiger partial charge in [0.1, 0.15) is 6.04 Å². The monoisotopic (exact) mass is 398 g/mol. The molecule has 8 heteroatoms. The van der Waals surface area contributed by atoms with Gasteiger partial charge in [0, 0.05) is 38.0 Å². The van der Waals surface area contributed by atoms with E-state index in [0.29, 0.717) is 25.1 Å². The Kier molecular flexibility index (Phi) is 6.64. The number of ether oxygens (including phenoxy) is 1. The molecule has 1 fully saturated rings. The Balaban J connectivity index is 1.61. The minimum Gasteiger partial charge on any atom is -0.467 e. The van der Waals surface area contributed by atoms with Gasteiger partial charge in [-0.15, -0.1) is 0 Å². The second-order valence-electron chi connectivity index (χ2n) is 7.31. The number of rotatable bonds is 8. The first kappa shape index (κ1) is 20.6. The number of aromatic nitrogens is 2. The highest BCUT2D eigenvalue weighted by Crippen LogP contribution is 2.24. The molecular weight excluding hydrogens is 372 g/mol. The van der Waals surface area contributed by atoms with Gasteiger partial charge in [0.25, 0.3) is 0 Å². The molecule has 0 aliphatic carbocycles. The fourth-order valence-electron chi connectivity index (χ4n) is 3.53. The number of carbonyl (C=O) groups excluding carboxylic acids is 3. The SMILES string of the molecule is COC(=O)[C@H](Cc1c[nH]cn1)NC(=O)C[C@H]1CCC(=O)N1Cc1ccc(C)cc1. The zero-order valence-electron chi connectivity index (χ0n) is 16.7. The molecule has 1 aromatic heterocycles. The summed E-state index contributed by atoms with van der Waals surface area (Å²) in [7, 11) is 1.28. The van der Waals surface area contributed by atoms with Crippen molar-refractivity contribution in [2.45, 2.75) is 51.2 Å². The molecule has 2 atom stereocenters. The number of H-pyrrole nitrogens is 1. The normalized spacial score (nSPS) is 17.2. The van der Waals surface area contributed by atoms with Crippen molar-refractivity contribution in [3.05, 3.63) is 53.6 Å². The summed E-state index contributed by atoms with van der Waals surface area (Å²) in [5, 5.41) is 2.73. The maximum absolute atomic E-state index is 12.6. The third-order valence-corrected chi connectivity index (χ3v) is 5.14. The topological polar surface area (TPSA) is 104 Å². The molecule has 2 N–H and O–H groups in total. The van der Waals surface area contributed by atoms with E-state index < -0.39 is 12.0 Å². The van der Waals surface area contributed by atoms with E-state index in [0.717, 1.165) is 11.1 Å². The molecule has 0 bridgehead atoms. The smallest absolute Gasteiger partial charge is 0.328 e. The van der Waals surface area contributed by atoms with Gasteiger partial charge < -0.3 is 19.9 Å². The molecule has 2 heterocycles. The minimum absolute atomic E-state index is 0.0458. The Hall–Kier alpha value is -3.16. The largest absolute Gasteiger partial charge is 0.467 e. The molecule has 2 aromatic rings. The average molecular weight is 398 g/mol. The van der Waals surface area contributed by atoms with Gasteiger partial charge in [0.05, 0.1) is 19.1 Å². The van der Waals surface area contributed by atoms with Gasteiger partial charge in [-0.2, -0.15) is 0 Å². The van der Waals surface area contributed by atoms with Crippen molar-refractivity contribution in [2.75, 3.05) is 7.11 Å². The number of hydrogen-bond acceptors (Lipinski definition) is 5. The van der Waals surface area contributed by atoms with Crippen LogP contribution in [0.2, 0.25) is 0 Å². The first-order valence-electron chi connectivity index (χ1n) is 9.66. The van der Waals surface area contributed by atoms with Gasteiger partial charge in [-0.3, -0.25) is 9.59 Å². The summed E-state index contributed by atoms with van der Waals surface area (Å²) in [5.74, 6) is -0.769. The highest BCUT2D eigenvalue weighted by molar-refractivity contribution is 5.86. The lowest BCUT2D eigenvalue weighted by atomic mass is 10.1. The second kappa shape index (κ2) is 9.36. The molecule has 1 aliphatic rings. The van der Waals surface area contributed by atoms with Gasteiger partial charge in [-0.1, -0.05) is 29.8 Å². The van der Waals surface area contributed by atoms with Gasteiger partial charge in [-0.25, -0.2) is 9.78 Å². The summed E-state index contributed by atoms with van der Waals surface area (Å²) in [6.45, 7) is 2.49. The number of likely N-dealkylation sites (tertiary alicyclic amines) is 1. The van der Waals surface area contributed by atoms with Crippen LogP contribution in [0.15, 0.2) is 36.8 Å². The van der Waals surface area contributed by atoms with Crippen LogP contribution in [0, 0.1) is 6.92 Å². The Morgan fingerprint density at radius 3 is 2.76 bits per heavy atom. The van der Waals surface area contributed by atoms with Gasteiger partial charge in [0.2, 0.25) is 11.8 Å². The lowest BCUT2D eigenvalue weighted by Crippen LogP contribution is -2.45. The van der Waals surface area contributed by atoms with Gasteiger partial charge >= 0.3 is 5.97 Å². The first-order valence-corrected chi connectivity index (χ1v) is 9.66. The van der Waals surface area contributed by atoms with Crippen LogP contribution >= 0.6 is 0 Å². The van der Waals surface area contributed by atoms with Gasteiger partial charge in [0.15, 0.2) is 0 Å². The quantitative estimate of drug-likeness (QED) is 0.656. The molecule has 3 rings (SSSR count). The Bertz CT molecular complexity index is 848. The van der Waals surface area contributed by atoms with Crippen LogP contribution in [-0.4, -0.2) is 51.8 Å². The highest BCUT2D eigenvalue weighted by Gasteiger charge is 2.33. The predicted octanol–water partition coefficient (Wildman–Crippen LogP) is 1.50. The maximum atomic E-state index is 12.6. The number of carbonyl (C=O) groups is 3. The van der Waals surface area contributed by atoms with Crippen LogP contribution in [-0.2, 0) is 32.1 Å². The molecule has 2 amide bonds. The summed E-state index contributed by atoms with van der Waals surface area (Å²) in [6.07, 6.45) is 4.61. The van der Waals surface area contributed by atoms with Crippen LogP contribution in [0.3, 0.4) is 0 Å². The van der Waals surface area contributed by atoms with Crippen molar-refractivity contribution < 1.29 is 19.1 Å². The van der Waals surface area contributed by atoms with E-state index in [1.54, 1.807) is 11.1 Å². The van der Waals surface area contributed by atoms with Crippen LogP contribution in [0.4, 0.5) is 0 Å². The van der Waals surface area contributed by atoms with Crippen molar-refractivity contribution in [1.82, 2.24) is 20.2 Å². The van der Waals surface area contributed by atoms with Gasteiger partial charge in [-0.05, 0) is 18.9 Å². The zero-order valence-corrected chi connectivity index (χ0v) is 16.7. The summed E-state index contributed by atoms with van der Waals surface area (Å²) < 4.78 is 4.80. The van der Waals surface area contributed by atoms with Crippen molar-refractivity contribution in [3.63, 3.8) is 0 Å². The fourth-order valence-corrected chi connectivity index (χ4v) is 3.53. The zero-order chi connectivity index (χ0) is 20.8. The van der Waals surface area contributed by atoms with Crippen LogP contribution in [0.1, 0.15) is 36.1 Å². The first-order chi connectivity index (χ1) is 14.0. The van der Waals surface area contributed by atoms with E-state index in [-0.39, 0.29) is 30.7 Å². The molecular formula is C21H26N4O4. The molecule has 154 valence electrons. The lowest BCUT2D eigenvalue weighted by Gasteiger charge is -2.25. The average Bonchev–Trinajstić information content (AvgIpc) is 3.33. The Morgan fingerprint density at radius 2 is 2.10 bits per heavy atom. The predicted molar refractivity (Wildman–Crippen MR) is 106 cm³/mol. The van der Waals surface area contributed by atoms with Crippen molar-refractivity contribution in [1.29, 1.82) is 0 Å². The maximum Gasteiger partial charge on any atom is 0.328 e. The standard InChI is InChI=1S/C21H26N4O4/c1-14-3-5-15(6-4-14)12-25-17(7-8-20(25)27)10-19(26)24-18(21(28)29-2)9-16-11-22-13-23-16/h3-6,11,13,17-18H,7-10,12H2,1-2H3,(H,22,23)(H,24,26)/t17-,18+/m1/s1. The van der Waals surface area contributed by atoms with Crippen molar-refractivity contribution in [3.8, 4) is 0 Å². The third-order valence-electron chi connectivity index (χ3n) is 5.14. The molecule has 0 radical (unpaired) electrons. The molecule has 29 heavy (non-hydrogen) atoms. The van der Waals surface area contributed by atoms with Crippen LogP contribution < -0.4 is 5.32 Å². The molecule has 1 aromatic carbocycles. The summed E-state index contributed by atoms with van der Waals surface area (Å²) in [5.41, 5.74) is 2.84. The second-order valence-corrected chi connectivity index (χ2v) is 7.31. The van der Waals surface area contributed by atoms with Crippen LogP contribution in [0.25, 0.3) is 0 Å². The number of aromatic amines is 1. The number of aryl methyl sites for hydroxylation is 1. The minimum atomic E-state index is -0.821. The fraction of sp³-hybridized carbons (Fsp3) is 0.429. The van der Waals surface area contributed by atoms with Crippen LogP contribution in [0.5, 0.6) is 0 Å². The molecule has 1 saturated heterocycles. The molecule has 0 unspecified atom stereocenters.